The van der Waals surface area contributed by atoms with Gasteiger partial charge in [-0.25, -0.2) is 9.18 Å². The van der Waals surface area contributed by atoms with Gasteiger partial charge in [-0.05, 0) is 68.1 Å². The van der Waals surface area contributed by atoms with Crippen LogP contribution in [0.4, 0.5) is 9.18 Å². The Morgan fingerprint density at radius 1 is 1.00 bits per heavy atom. The van der Waals surface area contributed by atoms with Crippen LogP contribution in [0.1, 0.15) is 43.2 Å². The Morgan fingerprint density at radius 2 is 1.73 bits per heavy atom. The second-order valence-corrected chi connectivity index (χ2v) is 11.3. The maximum atomic E-state index is 13.3. The Bertz CT molecular complexity index is 1480. The highest BCUT2D eigenvalue weighted by atomic mass is 19.1. The second kappa shape index (κ2) is 11.5. The van der Waals surface area contributed by atoms with Crippen molar-refractivity contribution in [1.82, 2.24) is 20.5 Å². The predicted molar refractivity (Wildman–Crippen MR) is 154 cm³/mol. The van der Waals surface area contributed by atoms with Crippen molar-refractivity contribution < 1.29 is 18.7 Å². The summed E-state index contributed by atoms with van der Waals surface area (Å²) in [5, 5.41) is 7.00. The number of alkyl carbamates (subject to hydrolysis) is 1. The molecule has 40 heavy (non-hydrogen) atoms. The molecule has 3 aromatic carbocycles. The summed E-state index contributed by atoms with van der Waals surface area (Å²) in [7, 11) is 0. The van der Waals surface area contributed by atoms with E-state index < -0.39 is 11.7 Å². The lowest BCUT2D eigenvalue weighted by Crippen LogP contribution is -2.40. The van der Waals surface area contributed by atoms with E-state index in [-0.39, 0.29) is 23.8 Å². The van der Waals surface area contributed by atoms with Crippen LogP contribution >= 0.6 is 0 Å². The number of hydrogen-bond acceptors (Lipinski definition) is 4. The number of carbonyl (C=O) groups excluding carboxylic acids is 2. The van der Waals surface area contributed by atoms with E-state index in [0.29, 0.717) is 31.7 Å². The topological polar surface area (TPSA) is 86.5 Å². The Morgan fingerprint density at radius 3 is 2.45 bits per heavy atom. The molecule has 2 amide bonds. The number of aromatic nitrogens is 1. The first-order valence-electron chi connectivity index (χ1n) is 13.6. The van der Waals surface area contributed by atoms with Crippen molar-refractivity contribution in [2.24, 2.45) is 0 Å². The Balaban J connectivity index is 1.25. The minimum atomic E-state index is -0.570. The first kappa shape index (κ1) is 27.4. The number of halogens is 1. The molecule has 4 aromatic rings. The number of ether oxygens (including phenoxy) is 1. The lowest BCUT2D eigenvalue weighted by atomic mass is 10.0. The molecule has 0 saturated carbocycles. The van der Waals surface area contributed by atoms with E-state index in [4.69, 9.17) is 4.74 Å². The van der Waals surface area contributed by atoms with Crippen LogP contribution in [0.2, 0.25) is 0 Å². The monoisotopic (exact) mass is 542 g/mol. The minimum absolute atomic E-state index is 0.0403. The first-order valence-corrected chi connectivity index (χ1v) is 13.6. The molecule has 1 fully saturated rings. The van der Waals surface area contributed by atoms with Crippen molar-refractivity contribution >= 4 is 22.9 Å². The van der Waals surface area contributed by atoms with Gasteiger partial charge in [0.15, 0.2) is 0 Å². The number of nitrogens with zero attached hydrogens (tertiary/aromatic N) is 1. The molecule has 8 heteroatoms. The number of carbonyl (C=O) groups is 2. The summed E-state index contributed by atoms with van der Waals surface area (Å²) in [5.41, 5.74) is 3.75. The standard InChI is InChI=1S/C32H35FN4O3/c1-32(2,3)40-31(39)35-26-17-27(37(20-26)19-21-7-5-4-6-8-21)18-34-30(38)29-16-24-10-9-23(15-28(24)36-29)22-11-13-25(33)14-12-22/h4-16,26-27,36H,17-20H2,1-3H3,(H,34,38)(H,35,39)/t26-,27-/m0/s1. The van der Waals surface area contributed by atoms with Gasteiger partial charge < -0.3 is 20.4 Å². The molecule has 0 bridgehead atoms. The number of aromatic amines is 1. The van der Waals surface area contributed by atoms with Gasteiger partial charge in [-0.2, -0.15) is 0 Å². The summed E-state index contributed by atoms with van der Waals surface area (Å²) in [6.07, 6.45) is 0.264. The Hall–Kier alpha value is -4.17. The molecule has 208 valence electrons. The molecule has 7 nitrogen and oxygen atoms in total. The molecule has 5 rings (SSSR count). The van der Waals surface area contributed by atoms with Crippen LogP contribution in [0.5, 0.6) is 0 Å². The number of nitrogens with one attached hydrogen (secondary N) is 3. The number of likely N-dealkylation sites (tertiary alicyclic amines) is 1. The number of benzene rings is 3. The van der Waals surface area contributed by atoms with Gasteiger partial charge in [0.05, 0.1) is 0 Å². The van der Waals surface area contributed by atoms with Crippen molar-refractivity contribution in [3.8, 4) is 11.1 Å². The molecule has 1 aliphatic rings. The molecule has 1 aliphatic heterocycles. The third kappa shape index (κ3) is 6.87. The number of fused-ring (bicyclic) bond motifs is 1. The van der Waals surface area contributed by atoms with Gasteiger partial charge in [0.25, 0.3) is 5.91 Å². The van der Waals surface area contributed by atoms with Crippen molar-refractivity contribution in [2.45, 2.75) is 51.4 Å². The number of hydrogen-bond donors (Lipinski definition) is 3. The normalized spacial score (nSPS) is 17.6. The maximum absolute atomic E-state index is 13.3. The first-order chi connectivity index (χ1) is 19.1. The summed E-state index contributed by atoms with van der Waals surface area (Å²) < 4.78 is 18.8. The van der Waals surface area contributed by atoms with Crippen LogP contribution in [-0.2, 0) is 11.3 Å². The summed E-state index contributed by atoms with van der Waals surface area (Å²) in [4.78, 5) is 31.1. The largest absolute Gasteiger partial charge is 0.444 e. The highest BCUT2D eigenvalue weighted by molar-refractivity contribution is 5.98. The Labute approximate surface area is 233 Å². The molecule has 0 unspecified atom stereocenters. The fraction of sp³-hybridized carbons (Fsp3) is 0.312. The van der Waals surface area contributed by atoms with Crippen molar-refractivity contribution in [3.05, 3.63) is 95.9 Å². The van der Waals surface area contributed by atoms with Gasteiger partial charge in [-0.3, -0.25) is 9.69 Å². The summed E-state index contributed by atoms with van der Waals surface area (Å²) >= 11 is 0. The van der Waals surface area contributed by atoms with E-state index in [1.807, 2.05) is 63.2 Å². The van der Waals surface area contributed by atoms with Gasteiger partial charge in [0, 0.05) is 42.6 Å². The minimum Gasteiger partial charge on any atom is -0.444 e. The fourth-order valence-electron chi connectivity index (χ4n) is 5.16. The van der Waals surface area contributed by atoms with E-state index in [1.165, 1.54) is 17.7 Å². The lowest BCUT2D eigenvalue weighted by Gasteiger charge is -2.24. The lowest BCUT2D eigenvalue weighted by molar-refractivity contribution is 0.0505. The zero-order chi connectivity index (χ0) is 28.3. The number of rotatable bonds is 7. The average molecular weight is 543 g/mol. The van der Waals surface area contributed by atoms with Crippen LogP contribution in [0.15, 0.2) is 78.9 Å². The highest BCUT2D eigenvalue weighted by Crippen LogP contribution is 2.26. The highest BCUT2D eigenvalue weighted by Gasteiger charge is 2.34. The van der Waals surface area contributed by atoms with Gasteiger partial charge in [0.2, 0.25) is 0 Å². The molecule has 0 aliphatic carbocycles. The summed E-state index contributed by atoms with van der Waals surface area (Å²) in [6, 6.07) is 24.2. The molecular weight excluding hydrogens is 507 g/mol. The zero-order valence-electron chi connectivity index (χ0n) is 23.0. The van der Waals surface area contributed by atoms with Crippen molar-refractivity contribution in [1.29, 1.82) is 0 Å². The van der Waals surface area contributed by atoms with Crippen LogP contribution in [-0.4, -0.2) is 52.7 Å². The van der Waals surface area contributed by atoms with Crippen LogP contribution in [0, 0.1) is 5.82 Å². The van der Waals surface area contributed by atoms with E-state index >= 15 is 0 Å². The number of H-pyrrole nitrogens is 1. The molecule has 3 N–H and O–H groups in total. The molecular formula is C32H35FN4O3. The van der Waals surface area contributed by atoms with E-state index in [1.54, 1.807) is 12.1 Å². The van der Waals surface area contributed by atoms with Gasteiger partial charge in [0.1, 0.15) is 17.1 Å². The van der Waals surface area contributed by atoms with Gasteiger partial charge in [-0.1, -0.05) is 54.6 Å². The average Bonchev–Trinajstić information content (AvgIpc) is 3.50. The van der Waals surface area contributed by atoms with Crippen molar-refractivity contribution in [2.75, 3.05) is 13.1 Å². The van der Waals surface area contributed by atoms with E-state index in [0.717, 1.165) is 22.0 Å². The fourth-order valence-corrected chi connectivity index (χ4v) is 5.16. The SMILES string of the molecule is CC(C)(C)OC(=O)N[C@H]1C[C@@H](CNC(=O)c2cc3ccc(-c4ccc(F)cc4)cc3[nH]2)N(Cc2ccccc2)C1. The predicted octanol–water partition coefficient (Wildman–Crippen LogP) is 5.87. The summed E-state index contributed by atoms with van der Waals surface area (Å²) in [5.74, 6) is -0.469. The quantitative estimate of drug-likeness (QED) is 0.273. The van der Waals surface area contributed by atoms with Crippen LogP contribution in [0.3, 0.4) is 0 Å². The molecule has 1 aromatic heterocycles. The maximum Gasteiger partial charge on any atom is 0.407 e. The summed E-state index contributed by atoms with van der Waals surface area (Å²) in [6.45, 7) is 7.34. The smallest absolute Gasteiger partial charge is 0.407 e. The third-order valence-corrected chi connectivity index (χ3v) is 7.02. The Kier molecular flexibility index (Phi) is 7.89. The zero-order valence-corrected chi connectivity index (χ0v) is 23.0. The van der Waals surface area contributed by atoms with Crippen molar-refractivity contribution in [3.63, 3.8) is 0 Å². The molecule has 2 heterocycles. The van der Waals surface area contributed by atoms with E-state index in [9.17, 15) is 14.0 Å². The third-order valence-electron chi connectivity index (χ3n) is 7.02. The molecule has 0 spiro atoms. The molecule has 1 saturated heterocycles. The van der Waals surface area contributed by atoms with Crippen LogP contribution < -0.4 is 10.6 Å². The molecule has 0 radical (unpaired) electrons. The van der Waals surface area contributed by atoms with Crippen LogP contribution in [0.25, 0.3) is 22.0 Å². The van der Waals surface area contributed by atoms with Gasteiger partial charge >= 0.3 is 6.09 Å². The number of amides is 2. The van der Waals surface area contributed by atoms with Gasteiger partial charge in [-0.15, -0.1) is 0 Å². The van der Waals surface area contributed by atoms with E-state index in [2.05, 4.69) is 32.7 Å². The second-order valence-electron chi connectivity index (χ2n) is 11.3. The molecule has 2 atom stereocenters.